The lowest BCUT2D eigenvalue weighted by molar-refractivity contribution is -0.112. The Kier molecular flexibility index (Phi) is 6.63. The van der Waals surface area contributed by atoms with E-state index < -0.39 is 0 Å². The molecule has 0 fully saturated rings. The molecule has 2 heterocycles. The van der Waals surface area contributed by atoms with Gasteiger partial charge in [-0.3, -0.25) is 9.59 Å². The van der Waals surface area contributed by atoms with E-state index in [0.29, 0.717) is 22.1 Å². The quantitative estimate of drug-likeness (QED) is 0.471. The van der Waals surface area contributed by atoms with Gasteiger partial charge in [0, 0.05) is 39.7 Å². The summed E-state index contributed by atoms with van der Waals surface area (Å²) in [4.78, 5) is 27.3. The van der Waals surface area contributed by atoms with Gasteiger partial charge in [-0.05, 0) is 41.3 Å². The largest absolute Gasteiger partial charge is 0.497 e. The Morgan fingerprint density at radius 2 is 1.81 bits per heavy atom. The summed E-state index contributed by atoms with van der Waals surface area (Å²) in [6, 6.07) is 14.8. The highest BCUT2D eigenvalue weighted by Crippen LogP contribution is 2.39. The third-order valence-electron chi connectivity index (χ3n) is 4.54. The number of fused-ring (bicyclic) bond motifs is 1. The number of carbonyl (C=O) groups is 2. The molecule has 0 atom stereocenters. The summed E-state index contributed by atoms with van der Waals surface area (Å²) in [5.74, 6) is 0.787. The monoisotopic (exact) mass is 464 g/mol. The molecule has 162 valence electrons. The van der Waals surface area contributed by atoms with Crippen molar-refractivity contribution >= 4 is 58.4 Å². The van der Waals surface area contributed by atoms with Crippen LogP contribution in [0.2, 0.25) is 0 Å². The molecule has 2 aromatic carbocycles. The van der Waals surface area contributed by atoms with Gasteiger partial charge >= 0.3 is 0 Å². The topological polar surface area (TPSA) is 76.7 Å². The van der Waals surface area contributed by atoms with Gasteiger partial charge < -0.3 is 20.1 Å². The summed E-state index contributed by atoms with van der Waals surface area (Å²) < 4.78 is 10.4. The van der Waals surface area contributed by atoms with Crippen molar-refractivity contribution < 1.29 is 19.1 Å². The number of thioether (sulfide) groups is 1. The molecule has 8 heteroatoms. The number of rotatable bonds is 6. The van der Waals surface area contributed by atoms with Gasteiger partial charge in [-0.2, -0.15) is 0 Å². The Morgan fingerprint density at radius 3 is 2.56 bits per heavy atom. The van der Waals surface area contributed by atoms with Crippen molar-refractivity contribution in [3.63, 3.8) is 0 Å². The second-order valence-corrected chi connectivity index (χ2v) is 8.79. The lowest BCUT2D eigenvalue weighted by atomic mass is 10.2. The van der Waals surface area contributed by atoms with Gasteiger partial charge in [-0.25, -0.2) is 0 Å². The minimum absolute atomic E-state index is 0.118. The van der Waals surface area contributed by atoms with E-state index in [1.807, 2.05) is 41.8 Å². The molecule has 0 radical (unpaired) electrons. The number of carbonyl (C=O) groups excluding carboxylic acids is 2. The molecule has 4 rings (SSSR count). The first-order chi connectivity index (χ1) is 15.5. The molecular formula is C24H20N2O4S2. The molecular weight excluding hydrogens is 444 g/mol. The summed E-state index contributed by atoms with van der Waals surface area (Å²) >= 11 is 2.95. The smallest absolute Gasteiger partial charge is 0.262 e. The van der Waals surface area contributed by atoms with Gasteiger partial charge in [0.25, 0.3) is 5.91 Å². The number of hydrogen-bond acceptors (Lipinski definition) is 6. The molecule has 0 spiro atoms. The van der Waals surface area contributed by atoms with Gasteiger partial charge in [0.2, 0.25) is 5.91 Å². The molecule has 0 bridgehead atoms. The molecule has 1 aliphatic heterocycles. The maximum absolute atomic E-state index is 12.4. The zero-order valence-electron chi connectivity index (χ0n) is 17.4. The fourth-order valence-electron chi connectivity index (χ4n) is 3.00. The molecule has 0 aliphatic carbocycles. The van der Waals surface area contributed by atoms with E-state index in [9.17, 15) is 9.59 Å². The zero-order valence-corrected chi connectivity index (χ0v) is 19.0. The Hall–Kier alpha value is -3.49. The van der Waals surface area contributed by atoms with Gasteiger partial charge in [-0.1, -0.05) is 23.9 Å². The number of anilines is 2. The maximum atomic E-state index is 12.4. The molecule has 0 unspecified atom stereocenters. The minimum Gasteiger partial charge on any atom is -0.497 e. The molecule has 3 aromatic rings. The molecule has 0 saturated carbocycles. The highest BCUT2D eigenvalue weighted by atomic mass is 32.2. The first kappa shape index (κ1) is 21.7. The van der Waals surface area contributed by atoms with Crippen LogP contribution in [0.25, 0.3) is 12.2 Å². The van der Waals surface area contributed by atoms with E-state index in [-0.39, 0.29) is 11.8 Å². The number of para-hydroxylation sites is 1. The van der Waals surface area contributed by atoms with Crippen molar-refractivity contribution in [1.82, 2.24) is 0 Å². The van der Waals surface area contributed by atoms with Gasteiger partial charge in [0.15, 0.2) is 0 Å². The maximum Gasteiger partial charge on any atom is 0.262 e. The third-order valence-corrected chi connectivity index (χ3v) is 6.54. The summed E-state index contributed by atoms with van der Waals surface area (Å²) in [5.41, 5.74) is 2.28. The number of nitrogens with one attached hydrogen (secondary N) is 2. The lowest BCUT2D eigenvalue weighted by Crippen LogP contribution is -2.16. The van der Waals surface area contributed by atoms with Crippen LogP contribution in [0.1, 0.15) is 10.4 Å². The molecule has 2 amide bonds. The van der Waals surface area contributed by atoms with Crippen LogP contribution in [0.4, 0.5) is 11.4 Å². The van der Waals surface area contributed by atoms with Crippen molar-refractivity contribution in [1.29, 1.82) is 0 Å². The van der Waals surface area contributed by atoms with Crippen LogP contribution in [-0.4, -0.2) is 26.0 Å². The normalized spacial score (nSPS) is 14.2. The molecule has 1 aliphatic rings. The number of ether oxygens (including phenoxy) is 2. The van der Waals surface area contributed by atoms with E-state index in [4.69, 9.17) is 9.47 Å². The Balaban J connectivity index is 1.43. The lowest BCUT2D eigenvalue weighted by Gasteiger charge is -2.17. The van der Waals surface area contributed by atoms with Gasteiger partial charge in [0.1, 0.15) is 11.5 Å². The number of methoxy groups -OCH3 is 2. The van der Waals surface area contributed by atoms with Crippen LogP contribution in [0.5, 0.6) is 11.5 Å². The number of thiophene rings is 1. The number of amides is 2. The van der Waals surface area contributed by atoms with Gasteiger partial charge in [-0.15, -0.1) is 11.3 Å². The van der Waals surface area contributed by atoms with Crippen molar-refractivity contribution in [3.8, 4) is 11.5 Å². The zero-order chi connectivity index (χ0) is 22.5. The second-order valence-electron chi connectivity index (χ2n) is 6.77. The summed E-state index contributed by atoms with van der Waals surface area (Å²) in [6.45, 7) is 0. The molecule has 0 saturated heterocycles. The van der Waals surface area contributed by atoms with Gasteiger partial charge in [0.05, 0.1) is 24.8 Å². The standard InChI is InChI=1S/C24H20N2O4S2/c1-29-17-10-16(11-18(12-17)30-2)25-23(27)8-7-15-9-19(31-14-15)13-22-24(28)26-20-5-3-4-6-21(20)32-22/h3-14H,1-2H3,(H,25,27)(H,26,28)/b8-7+,22-13+. The minimum atomic E-state index is -0.273. The predicted molar refractivity (Wildman–Crippen MR) is 130 cm³/mol. The van der Waals surface area contributed by atoms with Crippen LogP contribution in [0.3, 0.4) is 0 Å². The average Bonchev–Trinajstić information content (AvgIpc) is 3.25. The average molecular weight is 465 g/mol. The number of benzene rings is 2. The highest BCUT2D eigenvalue weighted by molar-refractivity contribution is 8.04. The van der Waals surface area contributed by atoms with E-state index in [1.165, 1.54) is 29.2 Å². The van der Waals surface area contributed by atoms with Crippen LogP contribution in [0.15, 0.2) is 69.8 Å². The summed E-state index contributed by atoms with van der Waals surface area (Å²) in [7, 11) is 3.11. The summed E-state index contributed by atoms with van der Waals surface area (Å²) in [6.07, 6.45) is 5.05. The molecule has 32 heavy (non-hydrogen) atoms. The molecule has 1 aromatic heterocycles. The van der Waals surface area contributed by atoms with Crippen molar-refractivity contribution in [3.05, 3.63) is 75.3 Å². The fourth-order valence-corrected chi connectivity index (χ4v) is 4.82. The fraction of sp³-hybridized carbons (Fsp3) is 0.0833. The summed E-state index contributed by atoms with van der Waals surface area (Å²) in [5, 5.41) is 7.64. The Morgan fingerprint density at radius 1 is 1.06 bits per heavy atom. The first-order valence-electron chi connectivity index (χ1n) is 9.64. The third kappa shape index (κ3) is 5.22. The molecule has 6 nitrogen and oxygen atoms in total. The van der Waals surface area contributed by atoms with Crippen LogP contribution in [-0.2, 0) is 9.59 Å². The second kappa shape index (κ2) is 9.76. The van der Waals surface area contributed by atoms with Crippen LogP contribution >= 0.6 is 23.1 Å². The Bertz CT molecular complexity index is 1210. The first-order valence-corrected chi connectivity index (χ1v) is 11.3. The van der Waals surface area contributed by atoms with E-state index in [1.54, 1.807) is 38.5 Å². The van der Waals surface area contributed by atoms with E-state index in [2.05, 4.69) is 10.6 Å². The van der Waals surface area contributed by atoms with Crippen LogP contribution in [0, 0.1) is 0 Å². The van der Waals surface area contributed by atoms with E-state index >= 15 is 0 Å². The van der Waals surface area contributed by atoms with Crippen molar-refractivity contribution in [2.45, 2.75) is 4.90 Å². The van der Waals surface area contributed by atoms with Crippen LogP contribution < -0.4 is 20.1 Å². The predicted octanol–water partition coefficient (Wildman–Crippen LogP) is 5.50. The van der Waals surface area contributed by atoms with Crippen molar-refractivity contribution in [2.75, 3.05) is 24.9 Å². The Labute approximate surface area is 193 Å². The van der Waals surface area contributed by atoms with E-state index in [0.717, 1.165) is 21.0 Å². The SMILES string of the molecule is COc1cc(NC(=O)/C=C/c2csc(/C=C3/Sc4ccccc4NC3=O)c2)cc(OC)c1. The number of hydrogen-bond donors (Lipinski definition) is 2. The highest BCUT2D eigenvalue weighted by Gasteiger charge is 2.20. The molecule has 2 N–H and O–H groups in total. The van der Waals surface area contributed by atoms with Crippen molar-refractivity contribution in [2.24, 2.45) is 0 Å².